The lowest BCUT2D eigenvalue weighted by Gasteiger charge is -2.12. The van der Waals surface area contributed by atoms with Gasteiger partial charge in [-0.05, 0) is 23.8 Å². The van der Waals surface area contributed by atoms with E-state index in [1.54, 1.807) is 0 Å². The van der Waals surface area contributed by atoms with Gasteiger partial charge in [0.25, 0.3) is 0 Å². The Morgan fingerprint density at radius 1 is 1.35 bits per heavy atom. The molecule has 17 heavy (non-hydrogen) atoms. The van der Waals surface area contributed by atoms with E-state index in [4.69, 9.17) is 5.11 Å². The fourth-order valence-corrected chi connectivity index (χ4v) is 1.38. The molecule has 1 aromatic rings. The molecule has 0 aliphatic rings. The molecule has 0 radical (unpaired) electrons. The Morgan fingerprint density at radius 3 is 2.41 bits per heavy atom. The second-order valence-corrected chi connectivity index (χ2v) is 3.57. The average molecular weight is 268 g/mol. The molecule has 0 aromatic heterocycles. The van der Waals surface area contributed by atoms with Gasteiger partial charge in [-0.2, -0.15) is 0 Å². The summed E-state index contributed by atoms with van der Waals surface area (Å²) in [4.78, 5) is 10.5. The predicted octanol–water partition coefficient (Wildman–Crippen LogP) is 1.99. The van der Waals surface area contributed by atoms with Gasteiger partial charge in [-0.25, -0.2) is 4.79 Å². The Kier molecular flexibility index (Phi) is 3.89. The van der Waals surface area contributed by atoms with Crippen molar-refractivity contribution in [2.75, 3.05) is 0 Å². The van der Waals surface area contributed by atoms with E-state index in [9.17, 15) is 23.1 Å². The Balaban J connectivity index is 3.06. The number of rotatable bonds is 3. The summed E-state index contributed by atoms with van der Waals surface area (Å²) in [6.45, 7) is 0. The number of carboxylic acids is 1. The van der Waals surface area contributed by atoms with Crippen molar-refractivity contribution < 1.29 is 32.9 Å². The third-order valence-electron chi connectivity index (χ3n) is 1.70. The van der Waals surface area contributed by atoms with E-state index in [1.165, 1.54) is 0 Å². The minimum Gasteiger partial charge on any atom is -0.479 e. The molecule has 0 saturated heterocycles. The number of alkyl halides is 3. The standard InChI is InChI=1S/C9H7F3O4S/c10-9(11,12)16-5-1-4(2-6(17)3-5)7(13)8(14)15/h1-3,7,13,17H,(H,14,15). The molecule has 94 valence electrons. The highest BCUT2D eigenvalue weighted by molar-refractivity contribution is 7.80. The molecule has 8 heteroatoms. The first-order valence-corrected chi connectivity index (χ1v) is 4.64. The monoisotopic (exact) mass is 268 g/mol. The largest absolute Gasteiger partial charge is 0.573 e. The number of hydrogen-bond acceptors (Lipinski definition) is 4. The lowest BCUT2D eigenvalue weighted by atomic mass is 10.1. The zero-order chi connectivity index (χ0) is 13.2. The van der Waals surface area contributed by atoms with Gasteiger partial charge in [0.15, 0.2) is 6.10 Å². The zero-order valence-corrected chi connectivity index (χ0v) is 9.00. The summed E-state index contributed by atoms with van der Waals surface area (Å²) in [6, 6.07) is 2.87. The highest BCUT2D eigenvalue weighted by Crippen LogP contribution is 2.28. The van der Waals surface area contributed by atoms with Crippen molar-refractivity contribution in [3.05, 3.63) is 23.8 Å². The van der Waals surface area contributed by atoms with Crippen molar-refractivity contribution in [1.82, 2.24) is 0 Å². The molecule has 0 bridgehead atoms. The molecular weight excluding hydrogens is 261 g/mol. The van der Waals surface area contributed by atoms with E-state index in [0.717, 1.165) is 18.2 Å². The molecule has 1 unspecified atom stereocenters. The summed E-state index contributed by atoms with van der Waals surface area (Å²) in [5, 5.41) is 17.7. The molecule has 0 saturated carbocycles. The highest BCUT2D eigenvalue weighted by Gasteiger charge is 2.31. The van der Waals surface area contributed by atoms with Gasteiger partial charge in [0, 0.05) is 4.90 Å². The minimum absolute atomic E-state index is 0.0436. The number of hydrogen-bond donors (Lipinski definition) is 3. The summed E-state index contributed by atoms with van der Waals surface area (Å²) in [5.41, 5.74) is -0.246. The van der Waals surface area contributed by atoms with Crippen LogP contribution in [0.15, 0.2) is 23.1 Å². The van der Waals surface area contributed by atoms with E-state index in [1.807, 2.05) is 0 Å². The van der Waals surface area contributed by atoms with E-state index < -0.39 is 24.2 Å². The van der Waals surface area contributed by atoms with Gasteiger partial charge in [-0.15, -0.1) is 25.8 Å². The topological polar surface area (TPSA) is 66.8 Å². The normalized spacial score (nSPS) is 13.2. The van der Waals surface area contributed by atoms with Crippen LogP contribution in [-0.4, -0.2) is 22.5 Å². The summed E-state index contributed by atoms with van der Waals surface area (Å²) < 4.78 is 39.4. The predicted molar refractivity (Wildman–Crippen MR) is 53.0 cm³/mol. The maximum Gasteiger partial charge on any atom is 0.573 e. The third kappa shape index (κ3) is 4.16. The third-order valence-corrected chi connectivity index (χ3v) is 1.96. The van der Waals surface area contributed by atoms with Crippen LogP contribution in [0.4, 0.5) is 13.2 Å². The molecule has 0 fully saturated rings. The van der Waals surface area contributed by atoms with Crippen molar-refractivity contribution >= 4 is 18.6 Å². The first kappa shape index (κ1) is 13.7. The number of aliphatic carboxylic acids is 1. The number of carboxylic acid groups (broad SMARTS) is 1. The lowest BCUT2D eigenvalue weighted by molar-refractivity contribution is -0.274. The van der Waals surface area contributed by atoms with Gasteiger partial charge < -0.3 is 14.9 Å². The molecule has 0 aliphatic heterocycles. The fraction of sp³-hybridized carbons (Fsp3) is 0.222. The Morgan fingerprint density at radius 2 is 1.94 bits per heavy atom. The number of carbonyl (C=O) groups is 1. The quantitative estimate of drug-likeness (QED) is 0.733. The van der Waals surface area contributed by atoms with E-state index in [2.05, 4.69) is 17.4 Å². The Hall–Kier alpha value is -1.41. The summed E-state index contributed by atoms with van der Waals surface area (Å²) >= 11 is 3.79. The van der Waals surface area contributed by atoms with Gasteiger partial charge in [0.2, 0.25) is 0 Å². The average Bonchev–Trinajstić information content (AvgIpc) is 2.12. The van der Waals surface area contributed by atoms with Crippen LogP contribution in [-0.2, 0) is 4.79 Å². The van der Waals surface area contributed by atoms with Crippen molar-refractivity contribution in [3.63, 3.8) is 0 Å². The van der Waals surface area contributed by atoms with E-state index >= 15 is 0 Å². The molecule has 2 N–H and O–H groups in total. The van der Waals surface area contributed by atoms with Crippen molar-refractivity contribution in [2.24, 2.45) is 0 Å². The summed E-state index contributed by atoms with van der Waals surface area (Å²) in [7, 11) is 0. The number of benzene rings is 1. The Bertz CT molecular complexity index is 433. The lowest BCUT2D eigenvalue weighted by Crippen LogP contribution is -2.18. The van der Waals surface area contributed by atoms with Gasteiger partial charge in [-0.3, -0.25) is 0 Å². The van der Waals surface area contributed by atoms with Gasteiger partial charge in [0.1, 0.15) is 5.75 Å². The second kappa shape index (κ2) is 4.84. The van der Waals surface area contributed by atoms with Gasteiger partial charge in [0.05, 0.1) is 0 Å². The fourth-order valence-electron chi connectivity index (χ4n) is 1.10. The highest BCUT2D eigenvalue weighted by atomic mass is 32.1. The van der Waals surface area contributed by atoms with Crippen LogP contribution >= 0.6 is 12.6 Å². The molecule has 4 nitrogen and oxygen atoms in total. The van der Waals surface area contributed by atoms with Crippen molar-refractivity contribution in [1.29, 1.82) is 0 Å². The SMILES string of the molecule is O=C(O)C(O)c1cc(S)cc(OC(F)(F)F)c1. The zero-order valence-electron chi connectivity index (χ0n) is 8.10. The molecule has 0 heterocycles. The smallest absolute Gasteiger partial charge is 0.479 e. The molecule has 1 aromatic carbocycles. The first-order valence-electron chi connectivity index (χ1n) is 4.19. The van der Waals surface area contributed by atoms with Crippen LogP contribution in [0, 0.1) is 0 Å². The second-order valence-electron chi connectivity index (χ2n) is 3.05. The summed E-state index contributed by atoms with van der Waals surface area (Å²) in [6.07, 6.45) is -6.83. The van der Waals surface area contributed by atoms with Crippen LogP contribution in [0.5, 0.6) is 5.75 Å². The molecule has 0 amide bonds. The molecule has 0 spiro atoms. The minimum atomic E-state index is -4.90. The van der Waals surface area contributed by atoms with E-state index in [-0.39, 0.29) is 10.5 Å². The van der Waals surface area contributed by atoms with Crippen LogP contribution < -0.4 is 4.74 Å². The Labute approximate surface area is 99.0 Å². The summed E-state index contributed by atoms with van der Waals surface area (Å²) in [5.74, 6) is -2.22. The number of ether oxygens (including phenoxy) is 1. The molecular formula is C9H7F3O4S. The maximum atomic E-state index is 11.9. The number of aliphatic hydroxyl groups is 1. The molecule has 1 rings (SSSR count). The van der Waals surface area contributed by atoms with Crippen LogP contribution in [0.3, 0.4) is 0 Å². The van der Waals surface area contributed by atoms with Crippen molar-refractivity contribution in [3.8, 4) is 5.75 Å². The number of thiol groups is 1. The first-order chi connectivity index (χ1) is 7.69. The van der Waals surface area contributed by atoms with Gasteiger partial charge in [-0.1, -0.05) is 0 Å². The number of halogens is 3. The van der Waals surface area contributed by atoms with Gasteiger partial charge >= 0.3 is 12.3 Å². The van der Waals surface area contributed by atoms with Crippen LogP contribution in [0.2, 0.25) is 0 Å². The number of aliphatic hydroxyl groups excluding tert-OH is 1. The van der Waals surface area contributed by atoms with E-state index in [0.29, 0.717) is 0 Å². The van der Waals surface area contributed by atoms with Crippen LogP contribution in [0.1, 0.15) is 11.7 Å². The molecule has 1 atom stereocenters. The van der Waals surface area contributed by atoms with Crippen molar-refractivity contribution in [2.45, 2.75) is 17.4 Å². The molecule has 0 aliphatic carbocycles. The maximum absolute atomic E-state index is 11.9. The van der Waals surface area contributed by atoms with Crippen LogP contribution in [0.25, 0.3) is 0 Å².